The van der Waals surface area contributed by atoms with Crippen LogP contribution in [0.2, 0.25) is 0 Å². The summed E-state index contributed by atoms with van der Waals surface area (Å²) >= 11 is 0. The van der Waals surface area contributed by atoms with E-state index >= 15 is 0 Å². The fraction of sp³-hybridized carbons (Fsp3) is 0.636. The number of rotatable bonds is 4. The lowest BCUT2D eigenvalue weighted by atomic mass is 10.0. The molecule has 0 saturated carbocycles. The highest BCUT2D eigenvalue weighted by Gasteiger charge is 2.26. The Morgan fingerprint density at radius 2 is 2.33 bits per heavy atom. The van der Waals surface area contributed by atoms with Crippen LogP contribution >= 0.6 is 0 Å². The van der Waals surface area contributed by atoms with Crippen molar-refractivity contribution in [3.8, 4) is 0 Å². The molecule has 18 heavy (non-hydrogen) atoms. The minimum absolute atomic E-state index is 0.0279. The van der Waals surface area contributed by atoms with Crippen molar-refractivity contribution in [3.05, 3.63) is 17.8 Å². The van der Waals surface area contributed by atoms with Crippen molar-refractivity contribution in [2.45, 2.75) is 25.7 Å². The van der Waals surface area contributed by atoms with Gasteiger partial charge in [0.05, 0.1) is 23.6 Å². The molecule has 1 fully saturated rings. The van der Waals surface area contributed by atoms with Gasteiger partial charge in [-0.25, -0.2) is 13.4 Å². The maximum atomic E-state index is 11.5. The number of hydrogen-bond donors (Lipinski definition) is 1. The molecule has 0 aromatic carbocycles. The lowest BCUT2D eigenvalue weighted by molar-refractivity contribution is -0.136. The Morgan fingerprint density at radius 1 is 1.56 bits per heavy atom. The van der Waals surface area contributed by atoms with Crippen LogP contribution in [-0.2, 0) is 27.5 Å². The van der Waals surface area contributed by atoms with Crippen LogP contribution in [0.5, 0.6) is 0 Å². The highest BCUT2D eigenvalue weighted by atomic mass is 32.2. The molecule has 1 atom stereocenters. The largest absolute Gasteiger partial charge is 0.481 e. The van der Waals surface area contributed by atoms with Gasteiger partial charge in [0.1, 0.15) is 6.26 Å². The van der Waals surface area contributed by atoms with Crippen molar-refractivity contribution in [2.75, 3.05) is 11.5 Å². The number of nitrogens with zero attached hydrogens (tertiary/aromatic N) is 1. The van der Waals surface area contributed by atoms with Crippen LogP contribution in [0.4, 0.5) is 0 Å². The fourth-order valence-corrected chi connectivity index (χ4v) is 3.98. The minimum atomic E-state index is -2.93. The Labute approximate surface area is 105 Å². The number of sulfone groups is 1. The van der Waals surface area contributed by atoms with Gasteiger partial charge in [0, 0.05) is 6.42 Å². The number of aliphatic carboxylic acids is 1. The Hall–Kier alpha value is -1.37. The molecule has 1 aromatic rings. The van der Waals surface area contributed by atoms with E-state index in [4.69, 9.17) is 9.52 Å². The van der Waals surface area contributed by atoms with Crippen LogP contribution in [0.15, 0.2) is 10.7 Å². The molecule has 0 spiro atoms. The van der Waals surface area contributed by atoms with E-state index in [1.807, 2.05) is 0 Å². The van der Waals surface area contributed by atoms with E-state index in [-0.39, 0.29) is 23.8 Å². The number of carbonyl (C=O) groups is 1. The molecule has 0 bridgehead atoms. The normalized spacial score (nSPS) is 22.8. The molecule has 0 radical (unpaired) electrons. The van der Waals surface area contributed by atoms with E-state index in [2.05, 4.69) is 4.98 Å². The molecular weight excluding hydrogens is 258 g/mol. The lowest BCUT2D eigenvalue weighted by Gasteiger charge is -2.20. The molecule has 2 heterocycles. The van der Waals surface area contributed by atoms with Crippen LogP contribution in [0.3, 0.4) is 0 Å². The van der Waals surface area contributed by atoms with Crippen LogP contribution in [0, 0.1) is 5.92 Å². The number of carboxylic acids is 1. The SMILES string of the molecule is O=C(O)Cc1coc(CC2CCCS(=O)(=O)C2)n1. The monoisotopic (exact) mass is 273 g/mol. The Morgan fingerprint density at radius 3 is 3.00 bits per heavy atom. The summed E-state index contributed by atoms with van der Waals surface area (Å²) in [7, 11) is -2.93. The summed E-state index contributed by atoms with van der Waals surface area (Å²) in [5, 5.41) is 8.61. The van der Waals surface area contributed by atoms with Crippen LogP contribution in [-0.4, -0.2) is 36.0 Å². The first-order valence-corrected chi connectivity index (χ1v) is 7.62. The zero-order valence-electron chi connectivity index (χ0n) is 9.83. The Balaban J connectivity index is 1.97. The summed E-state index contributed by atoms with van der Waals surface area (Å²) < 4.78 is 28.1. The molecule has 0 amide bonds. The van der Waals surface area contributed by atoms with Crippen molar-refractivity contribution < 1.29 is 22.7 Å². The third-order valence-electron chi connectivity index (χ3n) is 2.95. The quantitative estimate of drug-likeness (QED) is 0.865. The second-order valence-electron chi connectivity index (χ2n) is 4.63. The Bertz CT molecular complexity index is 533. The molecule has 7 heteroatoms. The number of hydrogen-bond acceptors (Lipinski definition) is 5. The second kappa shape index (κ2) is 5.09. The molecule has 100 valence electrons. The summed E-state index contributed by atoms with van der Waals surface area (Å²) in [5.41, 5.74) is 0.371. The van der Waals surface area contributed by atoms with Crippen molar-refractivity contribution in [1.82, 2.24) is 4.98 Å². The van der Waals surface area contributed by atoms with Gasteiger partial charge in [-0.1, -0.05) is 0 Å². The molecule has 1 aliphatic heterocycles. The first kappa shape index (κ1) is 13.1. The summed E-state index contributed by atoms with van der Waals surface area (Å²) in [6.07, 6.45) is 3.12. The van der Waals surface area contributed by atoms with Gasteiger partial charge in [-0.15, -0.1) is 0 Å². The third-order valence-corrected chi connectivity index (χ3v) is 4.84. The second-order valence-corrected chi connectivity index (χ2v) is 6.86. The van der Waals surface area contributed by atoms with Gasteiger partial charge in [0.2, 0.25) is 0 Å². The number of carboxylic acid groups (broad SMARTS) is 1. The highest BCUT2D eigenvalue weighted by Crippen LogP contribution is 2.22. The van der Waals surface area contributed by atoms with Gasteiger partial charge in [0.25, 0.3) is 0 Å². The number of aromatic nitrogens is 1. The smallest absolute Gasteiger partial charge is 0.309 e. The maximum absolute atomic E-state index is 11.5. The third kappa shape index (κ3) is 3.56. The van der Waals surface area contributed by atoms with E-state index in [0.717, 1.165) is 6.42 Å². The average Bonchev–Trinajstić information content (AvgIpc) is 2.62. The van der Waals surface area contributed by atoms with Crippen LogP contribution in [0.1, 0.15) is 24.4 Å². The Kier molecular flexibility index (Phi) is 3.70. The van der Waals surface area contributed by atoms with E-state index in [9.17, 15) is 13.2 Å². The zero-order chi connectivity index (χ0) is 13.2. The summed E-state index contributed by atoms with van der Waals surface area (Å²) in [5.74, 6) is -0.0771. The van der Waals surface area contributed by atoms with Crippen molar-refractivity contribution >= 4 is 15.8 Å². The molecule has 1 saturated heterocycles. The molecular formula is C11H15NO5S. The van der Waals surface area contributed by atoms with E-state index in [1.54, 1.807) is 0 Å². The van der Waals surface area contributed by atoms with Crippen molar-refractivity contribution in [3.63, 3.8) is 0 Å². The molecule has 1 aromatic heterocycles. The van der Waals surface area contributed by atoms with Crippen LogP contribution in [0.25, 0.3) is 0 Å². The molecule has 0 aliphatic carbocycles. The molecule has 2 rings (SSSR count). The van der Waals surface area contributed by atoms with Gasteiger partial charge < -0.3 is 9.52 Å². The van der Waals surface area contributed by atoms with Crippen LogP contribution < -0.4 is 0 Å². The summed E-state index contributed by atoms with van der Waals surface area (Å²) in [4.78, 5) is 14.5. The van der Waals surface area contributed by atoms with Gasteiger partial charge >= 0.3 is 5.97 Å². The number of oxazole rings is 1. The maximum Gasteiger partial charge on any atom is 0.309 e. The summed E-state index contributed by atoms with van der Waals surface area (Å²) in [6, 6.07) is 0. The standard InChI is InChI=1S/C11H15NO5S/c13-11(14)5-9-6-17-10(12-9)4-8-2-1-3-18(15,16)7-8/h6,8H,1-5,7H2,(H,13,14). The fourth-order valence-electron chi connectivity index (χ4n) is 2.20. The minimum Gasteiger partial charge on any atom is -0.481 e. The molecule has 1 aliphatic rings. The van der Waals surface area contributed by atoms with E-state index in [0.29, 0.717) is 24.4 Å². The van der Waals surface area contributed by atoms with Gasteiger partial charge in [-0.2, -0.15) is 0 Å². The predicted octanol–water partition coefficient (Wildman–Crippen LogP) is 0.669. The van der Waals surface area contributed by atoms with Gasteiger partial charge in [-0.05, 0) is 18.8 Å². The molecule has 6 nitrogen and oxygen atoms in total. The molecule has 1 N–H and O–H groups in total. The average molecular weight is 273 g/mol. The lowest BCUT2D eigenvalue weighted by Crippen LogP contribution is -2.26. The first-order chi connectivity index (χ1) is 8.44. The zero-order valence-corrected chi connectivity index (χ0v) is 10.6. The predicted molar refractivity (Wildman–Crippen MR) is 62.9 cm³/mol. The highest BCUT2D eigenvalue weighted by molar-refractivity contribution is 7.91. The topological polar surface area (TPSA) is 97.5 Å². The first-order valence-electron chi connectivity index (χ1n) is 5.80. The van der Waals surface area contributed by atoms with E-state index < -0.39 is 15.8 Å². The van der Waals surface area contributed by atoms with Gasteiger partial charge in [0.15, 0.2) is 15.7 Å². The molecule has 1 unspecified atom stereocenters. The summed E-state index contributed by atoms with van der Waals surface area (Å²) in [6.45, 7) is 0. The van der Waals surface area contributed by atoms with Crippen molar-refractivity contribution in [2.24, 2.45) is 5.92 Å². The van der Waals surface area contributed by atoms with E-state index in [1.165, 1.54) is 6.26 Å². The van der Waals surface area contributed by atoms with Crippen molar-refractivity contribution in [1.29, 1.82) is 0 Å². The van der Waals surface area contributed by atoms with Gasteiger partial charge in [-0.3, -0.25) is 4.79 Å².